The Morgan fingerprint density at radius 1 is 0.837 bits per heavy atom. The van der Waals surface area contributed by atoms with Crippen LogP contribution in [0.4, 0.5) is 0 Å². The third-order valence-electron chi connectivity index (χ3n) is 6.69. The van der Waals surface area contributed by atoms with Crippen molar-refractivity contribution < 1.29 is 14.2 Å². The highest BCUT2D eigenvalue weighted by molar-refractivity contribution is 6.30. The Hall–Kier alpha value is -5.39. The van der Waals surface area contributed by atoms with E-state index in [1.807, 2.05) is 73.8 Å². The largest absolute Gasteiger partial charge is 0.485 e. The third-order valence-corrected chi connectivity index (χ3v) is 6.92. The van der Waals surface area contributed by atoms with Crippen LogP contribution in [0.5, 0.6) is 29.1 Å². The zero-order valence-corrected chi connectivity index (χ0v) is 24.0. The van der Waals surface area contributed by atoms with Gasteiger partial charge in [0.1, 0.15) is 18.2 Å². The molecule has 0 saturated carbocycles. The molecular weight excluding hydrogens is 562 g/mol. The summed E-state index contributed by atoms with van der Waals surface area (Å²) in [5.41, 5.74) is 3.65. The van der Waals surface area contributed by atoms with Gasteiger partial charge in [-0.15, -0.1) is 0 Å². The molecule has 1 aliphatic rings. The highest BCUT2D eigenvalue weighted by Gasteiger charge is 2.17. The van der Waals surface area contributed by atoms with Gasteiger partial charge in [0.05, 0.1) is 23.9 Å². The van der Waals surface area contributed by atoms with Gasteiger partial charge >= 0.3 is 6.01 Å². The fourth-order valence-corrected chi connectivity index (χ4v) is 4.76. The molecule has 0 N–H and O–H groups in total. The number of nitriles is 1. The van der Waals surface area contributed by atoms with Gasteiger partial charge in [-0.05, 0) is 42.0 Å². The Kier molecular flexibility index (Phi) is 8.16. The molecule has 0 spiro atoms. The highest BCUT2D eigenvalue weighted by Crippen LogP contribution is 2.35. The van der Waals surface area contributed by atoms with Gasteiger partial charge in [-0.3, -0.25) is 4.99 Å². The third kappa shape index (κ3) is 6.75. The Morgan fingerprint density at radius 3 is 2.47 bits per heavy atom. The molecule has 0 amide bonds. The number of ether oxygens (including phenoxy) is 3. The molecule has 43 heavy (non-hydrogen) atoms. The summed E-state index contributed by atoms with van der Waals surface area (Å²) in [4.78, 5) is 15.9. The topological polar surface area (TPSA) is 92.9 Å². The lowest BCUT2D eigenvalue weighted by Gasteiger charge is -2.15. The lowest BCUT2D eigenvalue weighted by atomic mass is 10.1. The molecule has 212 valence electrons. The van der Waals surface area contributed by atoms with E-state index >= 15 is 0 Å². The normalized spacial score (nSPS) is 12.4. The van der Waals surface area contributed by atoms with E-state index in [4.69, 9.17) is 25.8 Å². The van der Waals surface area contributed by atoms with Crippen molar-refractivity contribution in [3.05, 3.63) is 125 Å². The minimum atomic E-state index is 0.0783. The second kappa shape index (κ2) is 12.6. The number of hydrogen-bond donors (Lipinski definition) is 0. The first-order valence-electron chi connectivity index (χ1n) is 13.6. The molecule has 0 aliphatic carbocycles. The van der Waals surface area contributed by atoms with Crippen molar-refractivity contribution in [2.75, 3.05) is 20.1 Å². The zero-order valence-electron chi connectivity index (χ0n) is 23.3. The molecule has 8 nitrogen and oxygen atoms in total. The first kappa shape index (κ1) is 27.8. The summed E-state index contributed by atoms with van der Waals surface area (Å²) in [6.45, 7) is 1.95. The van der Waals surface area contributed by atoms with E-state index in [0.29, 0.717) is 40.1 Å². The molecule has 0 bridgehead atoms. The van der Waals surface area contributed by atoms with Gasteiger partial charge in [-0.25, -0.2) is 0 Å². The van der Waals surface area contributed by atoms with E-state index < -0.39 is 0 Å². The standard InChI is InChI=1S/C34H26ClN5O3/c1-40-16-15-37-33(40)26-10-6-12-28(19-26)42-34-38-29(25-9-5-11-27(35)18-25)20-32(39-34)43-31-17-24(21-36)13-14-30(31)41-22-23-7-3-2-4-8-23/h2-14,17-20H,15-16,22H2,1H3. The molecule has 6 rings (SSSR count). The van der Waals surface area contributed by atoms with Crippen molar-refractivity contribution >= 4 is 17.4 Å². The van der Waals surface area contributed by atoms with Gasteiger partial charge in [-0.1, -0.05) is 66.2 Å². The van der Waals surface area contributed by atoms with Gasteiger partial charge in [0.2, 0.25) is 5.88 Å². The molecule has 0 atom stereocenters. The summed E-state index contributed by atoms with van der Waals surface area (Å²) in [5.74, 6) is 2.45. The van der Waals surface area contributed by atoms with Crippen LogP contribution >= 0.6 is 11.6 Å². The van der Waals surface area contributed by atoms with E-state index in [-0.39, 0.29) is 11.9 Å². The van der Waals surface area contributed by atoms with Crippen molar-refractivity contribution in [3.8, 4) is 46.5 Å². The quantitative estimate of drug-likeness (QED) is 0.176. The SMILES string of the molecule is CN1CCN=C1c1cccc(Oc2nc(Oc3cc(C#N)ccc3OCc3ccccc3)cc(-c3cccc(Cl)c3)n2)c1. The zero-order chi connectivity index (χ0) is 29.6. The molecule has 1 aliphatic heterocycles. The molecule has 0 radical (unpaired) electrons. The first-order chi connectivity index (χ1) is 21.0. The van der Waals surface area contributed by atoms with Gasteiger partial charge in [0, 0.05) is 41.9 Å². The first-order valence-corrected chi connectivity index (χ1v) is 14.0. The maximum Gasteiger partial charge on any atom is 0.325 e. The van der Waals surface area contributed by atoms with Crippen molar-refractivity contribution in [2.24, 2.45) is 4.99 Å². The summed E-state index contributed by atoms with van der Waals surface area (Å²) in [7, 11) is 2.01. The minimum Gasteiger partial charge on any atom is -0.485 e. The highest BCUT2D eigenvalue weighted by atomic mass is 35.5. The van der Waals surface area contributed by atoms with E-state index in [2.05, 4.69) is 25.9 Å². The summed E-state index contributed by atoms with van der Waals surface area (Å²) in [6.07, 6.45) is 0. The summed E-state index contributed by atoms with van der Waals surface area (Å²) in [5, 5.41) is 10.1. The number of nitrogens with zero attached hydrogens (tertiary/aromatic N) is 5. The second-order valence-corrected chi connectivity index (χ2v) is 10.2. The summed E-state index contributed by atoms with van der Waals surface area (Å²) < 4.78 is 18.5. The van der Waals surface area contributed by atoms with Crippen molar-refractivity contribution in [3.63, 3.8) is 0 Å². The number of aromatic nitrogens is 2. The molecule has 0 fully saturated rings. The van der Waals surface area contributed by atoms with Gasteiger partial charge < -0.3 is 19.1 Å². The van der Waals surface area contributed by atoms with E-state index in [9.17, 15) is 5.26 Å². The van der Waals surface area contributed by atoms with Gasteiger partial charge in [0.15, 0.2) is 11.5 Å². The second-order valence-electron chi connectivity index (χ2n) is 9.79. The van der Waals surface area contributed by atoms with Crippen LogP contribution in [-0.2, 0) is 6.61 Å². The number of hydrogen-bond acceptors (Lipinski definition) is 8. The Bertz CT molecular complexity index is 1840. The molecule has 4 aromatic carbocycles. The van der Waals surface area contributed by atoms with Crippen LogP contribution in [-0.4, -0.2) is 40.8 Å². The number of aliphatic imine (C=N–C) groups is 1. The Balaban J connectivity index is 1.35. The van der Waals surface area contributed by atoms with E-state index in [0.717, 1.165) is 35.6 Å². The molecule has 9 heteroatoms. The molecule has 5 aromatic rings. The number of benzene rings is 4. The van der Waals surface area contributed by atoms with Crippen LogP contribution in [0.2, 0.25) is 5.02 Å². The molecule has 2 heterocycles. The average Bonchev–Trinajstić information content (AvgIpc) is 3.46. The number of halogens is 1. The smallest absolute Gasteiger partial charge is 0.325 e. The van der Waals surface area contributed by atoms with Crippen LogP contribution < -0.4 is 14.2 Å². The van der Waals surface area contributed by atoms with Crippen LogP contribution in [0.25, 0.3) is 11.3 Å². The lowest BCUT2D eigenvalue weighted by Crippen LogP contribution is -2.23. The van der Waals surface area contributed by atoms with Crippen LogP contribution in [0.15, 0.2) is 108 Å². The minimum absolute atomic E-state index is 0.0783. The Labute approximate surface area is 254 Å². The predicted molar refractivity (Wildman–Crippen MR) is 165 cm³/mol. The van der Waals surface area contributed by atoms with Crippen molar-refractivity contribution in [1.29, 1.82) is 5.26 Å². The van der Waals surface area contributed by atoms with Crippen LogP contribution in [0, 0.1) is 11.3 Å². The van der Waals surface area contributed by atoms with E-state index in [1.54, 1.807) is 36.4 Å². The molecule has 0 saturated heterocycles. The maximum atomic E-state index is 9.56. The van der Waals surface area contributed by atoms with Crippen molar-refractivity contribution in [1.82, 2.24) is 14.9 Å². The fourth-order valence-electron chi connectivity index (χ4n) is 4.57. The average molecular weight is 588 g/mol. The monoisotopic (exact) mass is 587 g/mol. The van der Waals surface area contributed by atoms with Crippen molar-refractivity contribution in [2.45, 2.75) is 6.61 Å². The summed E-state index contributed by atoms with van der Waals surface area (Å²) >= 11 is 6.30. The van der Waals surface area contributed by atoms with Crippen LogP contribution in [0.3, 0.4) is 0 Å². The maximum absolute atomic E-state index is 9.56. The van der Waals surface area contributed by atoms with Gasteiger partial charge in [0.25, 0.3) is 0 Å². The molecule has 1 aromatic heterocycles. The Morgan fingerprint density at radius 2 is 1.67 bits per heavy atom. The number of amidine groups is 1. The fraction of sp³-hybridized carbons (Fsp3) is 0.118. The number of likely N-dealkylation sites (N-methyl/N-ethyl adjacent to an activating group) is 1. The number of rotatable bonds is 9. The van der Waals surface area contributed by atoms with E-state index in [1.165, 1.54) is 0 Å². The lowest BCUT2D eigenvalue weighted by molar-refractivity contribution is 0.289. The molecule has 0 unspecified atom stereocenters. The predicted octanol–water partition coefficient (Wildman–Crippen LogP) is 7.52. The molecular formula is C34H26ClN5O3. The summed E-state index contributed by atoms with van der Waals surface area (Å²) in [6, 6.07) is 33.7. The van der Waals surface area contributed by atoms with Gasteiger partial charge in [-0.2, -0.15) is 15.2 Å². The van der Waals surface area contributed by atoms with Crippen LogP contribution in [0.1, 0.15) is 16.7 Å².